The van der Waals surface area contributed by atoms with E-state index in [1.54, 1.807) is 6.92 Å². The molecule has 0 aliphatic carbocycles. The number of nitrogens with zero attached hydrogens (tertiary/aromatic N) is 2. The van der Waals surface area contributed by atoms with Crippen molar-refractivity contribution < 1.29 is 29.2 Å². The second-order valence-electron chi connectivity index (χ2n) is 8.95. The number of aliphatic hydroxyl groups is 2. The first-order chi connectivity index (χ1) is 17.6. The fourth-order valence-corrected chi connectivity index (χ4v) is 5.85. The van der Waals surface area contributed by atoms with Crippen molar-refractivity contribution >= 4 is 17.7 Å². The summed E-state index contributed by atoms with van der Waals surface area (Å²) in [5.74, 6) is -0.517. The van der Waals surface area contributed by atoms with Crippen molar-refractivity contribution in [2.24, 2.45) is 5.92 Å². The zero-order chi connectivity index (χ0) is 26.9. The number of aryl methyl sites for hydroxylation is 1. The van der Waals surface area contributed by atoms with E-state index in [0.29, 0.717) is 17.1 Å². The van der Waals surface area contributed by atoms with Gasteiger partial charge in [-0.05, 0) is 6.92 Å². The number of hydrogen-bond donors (Lipinski definition) is 4. The predicted octanol–water partition coefficient (Wildman–Crippen LogP) is -1.79. The molecule has 4 N–H and O–H groups in total. The van der Waals surface area contributed by atoms with Crippen LogP contribution in [0.15, 0.2) is 37.6 Å². The van der Waals surface area contributed by atoms with E-state index < -0.39 is 77.9 Å². The molecular formula is C22H28N4O10S. The predicted molar refractivity (Wildman–Crippen MR) is 129 cm³/mol. The molecule has 2 fully saturated rings. The number of nitrogens with one attached hydrogen (secondary N) is 2. The van der Waals surface area contributed by atoms with Crippen LogP contribution in [0.3, 0.4) is 0 Å². The lowest BCUT2D eigenvalue weighted by Gasteiger charge is -2.24. The number of aromatic amines is 2. The monoisotopic (exact) mass is 540 g/mol. The van der Waals surface area contributed by atoms with E-state index in [9.17, 15) is 34.2 Å². The highest BCUT2D eigenvalue weighted by Gasteiger charge is 2.48. The molecule has 202 valence electrons. The van der Waals surface area contributed by atoms with Gasteiger partial charge in [0.1, 0.15) is 6.23 Å². The summed E-state index contributed by atoms with van der Waals surface area (Å²) in [6, 6.07) is 1.13. The molecule has 7 atom stereocenters. The quantitative estimate of drug-likeness (QED) is 0.276. The second-order valence-corrected chi connectivity index (χ2v) is 10.0. The van der Waals surface area contributed by atoms with Gasteiger partial charge in [0.15, 0.2) is 12.3 Å². The van der Waals surface area contributed by atoms with Crippen LogP contribution in [0.1, 0.15) is 31.4 Å². The SMILES string of the molecule is CC(=O)O[C@@H]1[C@H](CSC[C@H]2O[C@@H](n3cc(C)c(=O)[nH]c3=O)C[C@@H]2O)[C@@H](CO)O[C@H]1n1ccc(=O)[nH]c1=O. The minimum Gasteiger partial charge on any atom is -0.457 e. The third-order valence-electron chi connectivity index (χ3n) is 6.35. The van der Waals surface area contributed by atoms with Crippen molar-refractivity contribution in [3.8, 4) is 0 Å². The largest absolute Gasteiger partial charge is 0.457 e. The minimum absolute atomic E-state index is 0.149. The lowest BCUT2D eigenvalue weighted by molar-refractivity contribution is -0.153. The highest BCUT2D eigenvalue weighted by atomic mass is 32.2. The summed E-state index contributed by atoms with van der Waals surface area (Å²) in [4.78, 5) is 63.8. The molecule has 4 heterocycles. The van der Waals surface area contributed by atoms with Crippen molar-refractivity contribution in [1.82, 2.24) is 19.1 Å². The molecule has 15 heteroatoms. The van der Waals surface area contributed by atoms with Gasteiger partial charge in [-0.1, -0.05) is 0 Å². The summed E-state index contributed by atoms with van der Waals surface area (Å²) in [7, 11) is 0. The Kier molecular flexibility index (Phi) is 8.18. The molecule has 2 aromatic rings. The van der Waals surface area contributed by atoms with Crippen LogP contribution in [-0.4, -0.2) is 77.8 Å². The fourth-order valence-electron chi connectivity index (χ4n) is 4.51. The van der Waals surface area contributed by atoms with Crippen molar-refractivity contribution in [1.29, 1.82) is 0 Å². The highest BCUT2D eigenvalue weighted by Crippen LogP contribution is 2.38. The molecule has 4 rings (SSSR count). The van der Waals surface area contributed by atoms with Crippen LogP contribution in [0, 0.1) is 12.8 Å². The number of carbonyl (C=O) groups is 1. The molecule has 0 aromatic carbocycles. The number of esters is 1. The van der Waals surface area contributed by atoms with Crippen LogP contribution in [0.2, 0.25) is 0 Å². The van der Waals surface area contributed by atoms with Crippen molar-refractivity contribution in [2.75, 3.05) is 18.1 Å². The molecule has 2 aliphatic rings. The molecule has 37 heavy (non-hydrogen) atoms. The number of aromatic nitrogens is 4. The lowest BCUT2D eigenvalue weighted by Crippen LogP contribution is -2.38. The summed E-state index contributed by atoms with van der Waals surface area (Å²) in [5.41, 5.74) is -2.14. The average molecular weight is 541 g/mol. The maximum Gasteiger partial charge on any atom is 0.330 e. The van der Waals surface area contributed by atoms with Crippen LogP contribution in [0.5, 0.6) is 0 Å². The van der Waals surface area contributed by atoms with Crippen LogP contribution in [-0.2, 0) is 19.0 Å². The third-order valence-corrected chi connectivity index (χ3v) is 7.54. The summed E-state index contributed by atoms with van der Waals surface area (Å²) in [6.45, 7) is 2.37. The van der Waals surface area contributed by atoms with Gasteiger partial charge in [-0.15, -0.1) is 0 Å². The highest BCUT2D eigenvalue weighted by molar-refractivity contribution is 7.99. The zero-order valence-electron chi connectivity index (χ0n) is 20.1. The lowest BCUT2D eigenvalue weighted by atomic mass is 10.0. The molecule has 14 nitrogen and oxygen atoms in total. The molecule has 2 aromatic heterocycles. The fraction of sp³-hybridized carbons (Fsp3) is 0.591. The molecule has 0 amide bonds. The Bertz CT molecular complexity index is 1370. The Morgan fingerprint density at radius 1 is 1.14 bits per heavy atom. The first kappa shape index (κ1) is 27.1. The molecule has 0 unspecified atom stereocenters. The van der Waals surface area contributed by atoms with Gasteiger partial charge in [-0.2, -0.15) is 11.8 Å². The number of hydrogen-bond acceptors (Lipinski definition) is 11. The Hall–Kier alpha value is -2.98. The smallest absolute Gasteiger partial charge is 0.330 e. The number of thioether (sulfide) groups is 1. The molecule has 2 aliphatic heterocycles. The molecule has 2 saturated heterocycles. The number of carbonyl (C=O) groups excluding carboxylic acids is 1. The molecular weight excluding hydrogens is 512 g/mol. The maximum atomic E-state index is 12.3. The number of aliphatic hydroxyl groups excluding tert-OH is 2. The van der Waals surface area contributed by atoms with Gasteiger partial charge in [-0.3, -0.25) is 33.5 Å². The molecule has 0 saturated carbocycles. The summed E-state index contributed by atoms with van der Waals surface area (Å²) in [6.07, 6.45) is -2.27. The summed E-state index contributed by atoms with van der Waals surface area (Å²) >= 11 is 1.35. The van der Waals surface area contributed by atoms with Crippen LogP contribution in [0.4, 0.5) is 0 Å². The standard InChI is InChI=1S/C22H28N4O10S/c1-10-6-26(22(33)24-19(10)31)17-5-13(29)15(35-17)9-37-8-12-14(7-27)36-20(18(12)34-11(2)28)25-4-3-16(30)23-21(25)32/h3-4,6,12-15,17-18,20,27,29H,5,7-9H2,1-2H3,(H,23,30,32)(H,24,31,33)/t12-,13+,14-,15-,17-,18-,20-/m1/s1. The number of H-pyrrole nitrogens is 2. The van der Waals surface area contributed by atoms with Crippen LogP contribution in [0.25, 0.3) is 0 Å². The zero-order valence-corrected chi connectivity index (χ0v) is 20.9. The normalized spacial score (nSPS) is 29.5. The first-order valence-electron chi connectivity index (χ1n) is 11.6. The van der Waals surface area contributed by atoms with Crippen molar-refractivity contribution in [3.05, 3.63) is 65.7 Å². The molecule has 0 spiro atoms. The minimum atomic E-state index is -1.07. The Morgan fingerprint density at radius 3 is 2.54 bits per heavy atom. The maximum absolute atomic E-state index is 12.3. The van der Waals surface area contributed by atoms with Crippen molar-refractivity contribution in [3.63, 3.8) is 0 Å². The average Bonchev–Trinajstić information content (AvgIpc) is 3.36. The Morgan fingerprint density at radius 2 is 1.86 bits per heavy atom. The summed E-state index contributed by atoms with van der Waals surface area (Å²) < 4.78 is 19.5. The second kappa shape index (κ2) is 11.2. The molecule has 0 radical (unpaired) electrons. The van der Waals surface area contributed by atoms with Gasteiger partial charge < -0.3 is 24.4 Å². The first-order valence-corrected chi connectivity index (χ1v) is 12.7. The van der Waals surface area contributed by atoms with Gasteiger partial charge in [0.2, 0.25) is 0 Å². The Labute approximate surface area is 213 Å². The van der Waals surface area contributed by atoms with E-state index in [4.69, 9.17) is 14.2 Å². The number of ether oxygens (including phenoxy) is 3. The van der Waals surface area contributed by atoms with E-state index in [2.05, 4.69) is 9.97 Å². The number of rotatable bonds is 8. The van der Waals surface area contributed by atoms with Gasteiger partial charge in [0.25, 0.3) is 11.1 Å². The van der Waals surface area contributed by atoms with E-state index in [1.165, 1.54) is 35.6 Å². The van der Waals surface area contributed by atoms with E-state index in [0.717, 1.165) is 10.6 Å². The summed E-state index contributed by atoms with van der Waals surface area (Å²) in [5, 5.41) is 20.4. The van der Waals surface area contributed by atoms with E-state index in [-0.39, 0.29) is 6.42 Å². The van der Waals surface area contributed by atoms with E-state index in [1.807, 2.05) is 0 Å². The van der Waals surface area contributed by atoms with Gasteiger partial charge in [0, 0.05) is 54.8 Å². The van der Waals surface area contributed by atoms with Crippen LogP contribution >= 0.6 is 11.8 Å². The third kappa shape index (κ3) is 5.80. The van der Waals surface area contributed by atoms with Crippen molar-refractivity contribution in [2.45, 2.75) is 57.1 Å². The van der Waals surface area contributed by atoms with Gasteiger partial charge >= 0.3 is 17.3 Å². The van der Waals surface area contributed by atoms with Gasteiger partial charge in [-0.25, -0.2) is 9.59 Å². The molecule has 0 bridgehead atoms. The Balaban J connectivity index is 1.45. The van der Waals surface area contributed by atoms with E-state index >= 15 is 0 Å². The topological polar surface area (TPSA) is 195 Å². The van der Waals surface area contributed by atoms with Gasteiger partial charge in [0.05, 0.1) is 24.9 Å². The van der Waals surface area contributed by atoms with Crippen LogP contribution < -0.4 is 22.5 Å².